The number of hydrogen-bond donors (Lipinski definition) is 1. The molecule has 0 spiro atoms. The van der Waals surface area contributed by atoms with Gasteiger partial charge in [-0.3, -0.25) is 4.79 Å². The van der Waals surface area contributed by atoms with E-state index in [2.05, 4.69) is 22.2 Å². The number of nitrogens with one attached hydrogen (secondary N) is 1. The molecule has 1 N–H and O–H groups in total. The van der Waals surface area contributed by atoms with E-state index < -0.39 is 21.8 Å². The quantitative estimate of drug-likeness (QED) is 0.883. The maximum absolute atomic E-state index is 12.0. The number of hydrogen-bond acceptors (Lipinski definition) is 6. The van der Waals surface area contributed by atoms with E-state index in [0.717, 1.165) is 24.7 Å². The minimum atomic E-state index is -3.20. The second-order valence-corrected chi connectivity index (χ2v) is 7.97. The predicted molar refractivity (Wildman–Crippen MR) is 83.6 cm³/mol. The molecule has 23 heavy (non-hydrogen) atoms. The summed E-state index contributed by atoms with van der Waals surface area (Å²) in [5, 5.41) is 3.72. The average molecular weight is 337 g/mol. The molecule has 7 nitrogen and oxygen atoms in total. The van der Waals surface area contributed by atoms with Crippen molar-refractivity contribution < 1.29 is 17.9 Å². The van der Waals surface area contributed by atoms with Crippen molar-refractivity contribution in [1.29, 1.82) is 0 Å². The van der Waals surface area contributed by atoms with Crippen LogP contribution in [-0.4, -0.2) is 42.2 Å². The average Bonchev–Trinajstić information content (AvgIpc) is 3.05. The maximum atomic E-state index is 12.0. The Balaban J connectivity index is 1.58. The molecule has 0 saturated heterocycles. The van der Waals surface area contributed by atoms with E-state index in [1.54, 1.807) is 0 Å². The van der Waals surface area contributed by atoms with E-state index in [0.29, 0.717) is 11.8 Å². The molecule has 0 aromatic carbocycles. The number of rotatable bonds is 4. The van der Waals surface area contributed by atoms with Crippen LogP contribution in [0.4, 0.5) is 0 Å². The van der Waals surface area contributed by atoms with Gasteiger partial charge in [0.25, 0.3) is 5.91 Å². The standard InChI is InChI=1S/C15H19N3O4S/c1-10-3-2-4-13(10)22-14-8-16-12(7-17-14)15(19)18-11-5-6-23(20,21)9-11/h5-8,10-11,13H,2-4,9H2,1H3,(H,18,19). The highest BCUT2D eigenvalue weighted by Crippen LogP contribution is 2.28. The van der Waals surface area contributed by atoms with Gasteiger partial charge in [-0.1, -0.05) is 6.92 Å². The van der Waals surface area contributed by atoms with Crippen molar-refractivity contribution in [3.63, 3.8) is 0 Å². The molecule has 0 bridgehead atoms. The smallest absolute Gasteiger partial charge is 0.271 e. The second kappa shape index (κ2) is 6.27. The minimum Gasteiger partial charge on any atom is -0.473 e. The third-order valence-corrected chi connectivity index (χ3v) is 5.56. The first-order valence-electron chi connectivity index (χ1n) is 7.63. The maximum Gasteiger partial charge on any atom is 0.271 e. The summed E-state index contributed by atoms with van der Waals surface area (Å²) >= 11 is 0. The third-order valence-electron chi connectivity index (χ3n) is 4.16. The van der Waals surface area contributed by atoms with Crippen molar-refractivity contribution in [2.24, 2.45) is 5.92 Å². The van der Waals surface area contributed by atoms with Crippen molar-refractivity contribution in [2.75, 3.05) is 5.75 Å². The zero-order chi connectivity index (χ0) is 16.4. The van der Waals surface area contributed by atoms with Crippen molar-refractivity contribution in [2.45, 2.75) is 38.3 Å². The molecular weight excluding hydrogens is 318 g/mol. The van der Waals surface area contributed by atoms with Crippen LogP contribution in [0, 0.1) is 5.92 Å². The third kappa shape index (κ3) is 3.87. The van der Waals surface area contributed by atoms with Crippen molar-refractivity contribution in [1.82, 2.24) is 15.3 Å². The molecule has 1 aromatic heterocycles. The Morgan fingerprint density at radius 2 is 2.13 bits per heavy atom. The lowest BCUT2D eigenvalue weighted by atomic mass is 10.1. The Morgan fingerprint density at radius 3 is 2.70 bits per heavy atom. The van der Waals surface area contributed by atoms with E-state index in [4.69, 9.17) is 4.74 Å². The Labute approximate surface area is 135 Å². The fraction of sp³-hybridized carbons (Fsp3) is 0.533. The van der Waals surface area contributed by atoms with E-state index in [9.17, 15) is 13.2 Å². The molecule has 1 saturated carbocycles. The van der Waals surface area contributed by atoms with Crippen LogP contribution in [0.3, 0.4) is 0 Å². The lowest BCUT2D eigenvalue weighted by Gasteiger charge is -2.16. The molecule has 2 heterocycles. The van der Waals surface area contributed by atoms with Crippen LogP contribution < -0.4 is 10.1 Å². The molecule has 124 valence electrons. The van der Waals surface area contributed by atoms with Gasteiger partial charge in [-0.25, -0.2) is 18.4 Å². The molecule has 3 atom stereocenters. The fourth-order valence-corrected chi connectivity index (χ4v) is 4.08. The zero-order valence-electron chi connectivity index (χ0n) is 12.8. The molecule has 1 aliphatic heterocycles. The van der Waals surface area contributed by atoms with E-state index in [1.165, 1.54) is 18.5 Å². The molecule has 1 amide bonds. The number of aromatic nitrogens is 2. The Morgan fingerprint density at radius 1 is 1.30 bits per heavy atom. The summed E-state index contributed by atoms with van der Waals surface area (Å²) in [5.41, 5.74) is 0.134. The molecule has 8 heteroatoms. The molecule has 2 aliphatic rings. The van der Waals surface area contributed by atoms with Gasteiger partial charge in [-0.05, 0) is 31.3 Å². The largest absolute Gasteiger partial charge is 0.473 e. The first-order chi connectivity index (χ1) is 10.9. The number of carbonyl (C=O) groups excluding carboxylic acids is 1. The number of ether oxygens (including phenoxy) is 1. The van der Waals surface area contributed by atoms with Crippen LogP contribution in [-0.2, 0) is 9.84 Å². The van der Waals surface area contributed by atoms with Gasteiger partial charge in [0.05, 0.1) is 24.2 Å². The van der Waals surface area contributed by atoms with Crippen LogP contribution in [0.5, 0.6) is 5.88 Å². The SMILES string of the molecule is CC1CCCC1Oc1cnc(C(=O)NC2C=CS(=O)(=O)C2)cn1. The predicted octanol–water partition coefficient (Wildman–Crippen LogP) is 1.08. The number of sulfone groups is 1. The zero-order valence-corrected chi connectivity index (χ0v) is 13.6. The van der Waals surface area contributed by atoms with Crippen LogP contribution >= 0.6 is 0 Å². The van der Waals surface area contributed by atoms with Crippen molar-refractivity contribution in [3.05, 3.63) is 29.6 Å². The highest BCUT2D eigenvalue weighted by atomic mass is 32.2. The topological polar surface area (TPSA) is 98.2 Å². The number of nitrogens with zero attached hydrogens (tertiary/aromatic N) is 2. The Bertz CT molecular complexity index is 715. The summed E-state index contributed by atoms with van der Waals surface area (Å²) in [6, 6.07) is -0.524. The van der Waals surface area contributed by atoms with E-state index >= 15 is 0 Å². The summed E-state index contributed by atoms with van der Waals surface area (Å²) in [6.07, 6.45) is 7.69. The van der Waals surface area contributed by atoms with Gasteiger partial charge < -0.3 is 10.1 Å². The highest BCUT2D eigenvalue weighted by Gasteiger charge is 2.26. The first kappa shape index (κ1) is 15.9. The Kier molecular flexibility index (Phi) is 4.34. The van der Waals surface area contributed by atoms with E-state index in [-0.39, 0.29) is 17.6 Å². The van der Waals surface area contributed by atoms with Gasteiger partial charge in [0.1, 0.15) is 11.8 Å². The van der Waals surface area contributed by atoms with Gasteiger partial charge in [0, 0.05) is 5.41 Å². The van der Waals surface area contributed by atoms with Crippen LogP contribution in [0.15, 0.2) is 23.9 Å². The van der Waals surface area contributed by atoms with Crippen LogP contribution in [0.2, 0.25) is 0 Å². The molecule has 1 aliphatic carbocycles. The van der Waals surface area contributed by atoms with Crippen LogP contribution in [0.1, 0.15) is 36.7 Å². The van der Waals surface area contributed by atoms with Gasteiger partial charge in [0.15, 0.2) is 9.84 Å². The molecule has 3 unspecified atom stereocenters. The van der Waals surface area contributed by atoms with E-state index in [1.807, 2.05) is 0 Å². The molecular formula is C15H19N3O4S. The summed E-state index contributed by atoms with van der Waals surface area (Å²) in [5.74, 6) is 0.331. The summed E-state index contributed by atoms with van der Waals surface area (Å²) in [4.78, 5) is 20.2. The second-order valence-electron chi connectivity index (χ2n) is 6.04. The molecule has 1 fully saturated rings. The summed E-state index contributed by atoms with van der Waals surface area (Å²) in [6.45, 7) is 2.15. The lowest BCUT2D eigenvalue weighted by molar-refractivity contribution is 0.0941. The van der Waals surface area contributed by atoms with Gasteiger partial charge in [-0.15, -0.1) is 0 Å². The normalized spacial score (nSPS) is 28.7. The van der Waals surface area contributed by atoms with Gasteiger partial charge in [0.2, 0.25) is 5.88 Å². The number of carbonyl (C=O) groups is 1. The summed E-state index contributed by atoms with van der Waals surface area (Å²) < 4.78 is 28.4. The fourth-order valence-electron chi connectivity index (χ4n) is 2.84. The first-order valence-corrected chi connectivity index (χ1v) is 9.35. The highest BCUT2D eigenvalue weighted by molar-refractivity contribution is 7.94. The van der Waals surface area contributed by atoms with Gasteiger partial charge in [-0.2, -0.15) is 0 Å². The lowest BCUT2D eigenvalue weighted by Crippen LogP contribution is -2.36. The Hall–Kier alpha value is -1.96. The monoisotopic (exact) mass is 337 g/mol. The van der Waals surface area contributed by atoms with Crippen molar-refractivity contribution >= 4 is 15.7 Å². The molecule has 3 rings (SSSR count). The molecule has 0 radical (unpaired) electrons. The molecule has 1 aromatic rings. The van der Waals surface area contributed by atoms with Crippen LogP contribution in [0.25, 0.3) is 0 Å². The van der Waals surface area contributed by atoms with Gasteiger partial charge >= 0.3 is 0 Å². The summed E-state index contributed by atoms with van der Waals surface area (Å²) in [7, 11) is -3.20. The number of amides is 1. The van der Waals surface area contributed by atoms with Crippen molar-refractivity contribution in [3.8, 4) is 5.88 Å². The minimum absolute atomic E-state index is 0.118.